The van der Waals surface area contributed by atoms with Crippen LogP contribution in [0.2, 0.25) is 0 Å². The van der Waals surface area contributed by atoms with E-state index in [0.29, 0.717) is 6.42 Å². The fraction of sp³-hybridized carbons (Fsp3) is 0.500. The van der Waals surface area contributed by atoms with Crippen molar-refractivity contribution >= 4 is 16.8 Å². The van der Waals surface area contributed by atoms with Gasteiger partial charge in [-0.2, -0.15) is 0 Å². The minimum Gasteiger partial charge on any atom is -0.361 e. The van der Waals surface area contributed by atoms with Crippen LogP contribution >= 0.6 is 0 Å². The second-order valence-electron chi connectivity index (χ2n) is 6.40. The van der Waals surface area contributed by atoms with E-state index in [4.69, 9.17) is 5.73 Å². The number of carbonyl (C=O) groups excluding carboxylic acids is 1. The molecule has 118 valence electrons. The molecule has 0 unspecified atom stereocenters. The van der Waals surface area contributed by atoms with Crippen LogP contribution in [-0.2, 0) is 11.2 Å². The largest absolute Gasteiger partial charge is 0.361 e. The molecule has 1 atom stereocenters. The fourth-order valence-electron chi connectivity index (χ4n) is 3.46. The number of aromatic nitrogens is 1. The van der Waals surface area contributed by atoms with Crippen LogP contribution < -0.4 is 11.1 Å². The summed E-state index contributed by atoms with van der Waals surface area (Å²) < 4.78 is 0. The van der Waals surface area contributed by atoms with Crippen LogP contribution in [-0.4, -0.2) is 23.5 Å². The van der Waals surface area contributed by atoms with Gasteiger partial charge in [0.05, 0.1) is 6.04 Å². The molecule has 0 radical (unpaired) electrons. The highest BCUT2D eigenvalue weighted by atomic mass is 16.2. The number of nitrogens with two attached hydrogens (primary N) is 1. The van der Waals surface area contributed by atoms with Crippen LogP contribution in [0, 0.1) is 5.92 Å². The third-order valence-corrected chi connectivity index (χ3v) is 4.78. The number of benzene rings is 1. The summed E-state index contributed by atoms with van der Waals surface area (Å²) in [5.41, 5.74) is 8.26. The van der Waals surface area contributed by atoms with Crippen molar-refractivity contribution in [3.05, 3.63) is 36.0 Å². The topological polar surface area (TPSA) is 70.9 Å². The summed E-state index contributed by atoms with van der Waals surface area (Å²) in [5, 5.41) is 4.15. The number of nitrogens with one attached hydrogen (secondary N) is 2. The Morgan fingerprint density at radius 2 is 2.09 bits per heavy atom. The highest BCUT2D eigenvalue weighted by molar-refractivity contribution is 5.86. The van der Waals surface area contributed by atoms with Crippen LogP contribution in [0.5, 0.6) is 0 Å². The zero-order valence-corrected chi connectivity index (χ0v) is 13.0. The van der Waals surface area contributed by atoms with E-state index < -0.39 is 6.04 Å². The van der Waals surface area contributed by atoms with Crippen LogP contribution in [0.15, 0.2) is 30.5 Å². The van der Waals surface area contributed by atoms with Gasteiger partial charge in [0.1, 0.15) is 0 Å². The molecule has 0 spiro atoms. The summed E-state index contributed by atoms with van der Waals surface area (Å²) >= 11 is 0. The van der Waals surface area contributed by atoms with Crippen molar-refractivity contribution in [3.8, 4) is 0 Å². The van der Waals surface area contributed by atoms with E-state index in [2.05, 4.69) is 16.4 Å². The Morgan fingerprint density at radius 3 is 2.91 bits per heavy atom. The minimum absolute atomic E-state index is 0.0386. The van der Waals surface area contributed by atoms with E-state index in [1.807, 2.05) is 24.4 Å². The van der Waals surface area contributed by atoms with Gasteiger partial charge in [0, 0.05) is 23.6 Å². The number of hydrogen-bond donors (Lipinski definition) is 3. The van der Waals surface area contributed by atoms with Crippen molar-refractivity contribution in [1.29, 1.82) is 0 Å². The van der Waals surface area contributed by atoms with Crippen molar-refractivity contribution in [2.45, 2.75) is 44.6 Å². The Hall–Kier alpha value is -1.81. The van der Waals surface area contributed by atoms with E-state index in [9.17, 15) is 4.79 Å². The highest BCUT2D eigenvalue weighted by Crippen LogP contribution is 2.26. The van der Waals surface area contributed by atoms with Gasteiger partial charge >= 0.3 is 0 Å². The lowest BCUT2D eigenvalue weighted by molar-refractivity contribution is -0.122. The van der Waals surface area contributed by atoms with Gasteiger partial charge in [-0.3, -0.25) is 4.79 Å². The lowest BCUT2D eigenvalue weighted by Gasteiger charge is -2.14. The molecule has 1 aliphatic rings. The first-order chi connectivity index (χ1) is 10.7. The first-order valence-electron chi connectivity index (χ1n) is 8.32. The average molecular weight is 299 g/mol. The number of rotatable bonds is 6. The standard InChI is InChI=1S/C18H25N3O/c19-16(18(22)20-10-9-13-5-1-2-6-13)11-14-12-21-17-8-4-3-7-15(14)17/h3-4,7-8,12-13,16,21H,1-2,5-6,9-11,19H2,(H,20,22)/t16-/m0/s1. The maximum Gasteiger partial charge on any atom is 0.237 e. The number of aromatic amines is 1. The predicted molar refractivity (Wildman–Crippen MR) is 89.6 cm³/mol. The van der Waals surface area contributed by atoms with Crippen molar-refractivity contribution in [2.75, 3.05) is 6.54 Å². The Morgan fingerprint density at radius 1 is 1.32 bits per heavy atom. The smallest absolute Gasteiger partial charge is 0.237 e. The first-order valence-corrected chi connectivity index (χ1v) is 8.32. The van der Waals surface area contributed by atoms with Gasteiger partial charge < -0.3 is 16.0 Å². The SMILES string of the molecule is N[C@@H](Cc1c[nH]c2ccccc12)C(=O)NCCC1CCCC1. The van der Waals surface area contributed by atoms with Crippen molar-refractivity contribution in [3.63, 3.8) is 0 Å². The van der Waals surface area contributed by atoms with E-state index in [1.165, 1.54) is 25.7 Å². The molecular weight excluding hydrogens is 274 g/mol. The van der Waals surface area contributed by atoms with Crippen LogP contribution in [0.25, 0.3) is 10.9 Å². The molecule has 0 bridgehead atoms. The third-order valence-electron chi connectivity index (χ3n) is 4.78. The normalized spacial score (nSPS) is 17.0. The summed E-state index contributed by atoms with van der Waals surface area (Å²) in [6.07, 6.45) is 8.94. The van der Waals surface area contributed by atoms with Crippen LogP contribution in [0.3, 0.4) is 0 Å². The van der Waals surface area contributed by atoms with Crippen LogP contribution in [0.1, 0.15) is 37.7 Å². The number of amides is 1. The molecule has 0 aliphatic heterocycles. The molecule has 1 aliphatic carbocycles. The Labute approximate surface area is 131 Å². The summed E-state index contributed by atoms with van der Waals surface area (Å²) in [6, 6.07) is 7.62. The Bertz CT molecular complexity index is 628. The molecule has 2 aromatic rings. The zero-order chi connectivity index (χ0) is 15.4. The van der Waals surface area contributed by atoms with Crippen molar-refractivity contribution in [1.82, 2.24) is 10.3 Å². The molecule has 1 heterocycles. The second kappa shape index (κ2) is 6.97. The first kappa shape index (κ1) is 15.1. The summed E-state index contributed by atoms with van der Waals surface area (Å²) in [5.74, 6) is 0.758. The minimum atomic E-state index is -0.484. The molecule has 3 rings (SSSR count). The molecule has 1 amide bonds. The second-order valence-corrected chi connectivity index (χ2v) is 6.40. The van der Waals surface area contributed by atoms with Crippen molar-refractivity contribution in [2.24, 2.45) is 11.7 Å². The maximum absolute atomic E-state index is 12.1. The highest BCUT2D eigenvalue weighted by Gasteiger charge is 2.18. The fourth-order valence-corrected chi connectivity index (χ4v) is 3.46. The number of H-pyrrole nitrogens is 1. The van der Waals surface area contributed by atoms with E-state index in [1.54, 1.807) is 0 Å². The van der Waals surface area contributed by atoms with Gasteiger partial charge in [0.25, 0.3) is 0 Å². The van der Waals surface area contributed by atoms with Gasteiger partial charge in [0.15, 0.2) is 0 Å². The number of carbonyl (C=O) groups is 1. The summed E-state index contributed by atoms with van der Waals surface area (Å²) in [4.78, 5) is 15.4. The number of fused-ring (bicyclic) bond motifs is 1. The lowest BCUT2D eigenvalue weighted by atomic mass is 10.0. The van der Waals surface area contributed by atoms with Gasteiger partial charge in [-0.25, -0.2) is 0 Å². The summed E-state index contributed by atoms with van der Waals surface area (Å²) in [7, 11) is 0. The molecule has 4 N–H and O–H groups in total. The predicted octanol–water partition coefficient (Wildman–Crippen LogP) is 2.73. The quantitative estimate of drug-likeness (QED) is 0.767. The third kappa shape index (κ3) is 3.50. The summed E-state index contributed by atoms with van der Waals surface area (Å²) in [6.45, 7) is 0.755. The van der Waals surface area contributed by atoms with Gasteiger partial charge in [0.2, 0.25) is 5.91 Å². The molecule has 1 fully saturated rings. The molecule has 4 heteroatoms. The maximum atomic E-state index is 12.1. The molecule has 1 aromatic carbocycles. The van der Waals surface area contributed by atoms with Crippen molar-refractivity contribution < 1.29 is 4.79 Å². The lowest BCUT2D eigenvalue weighted by Crippen LogP contribution is -2.42. The van der Waals surface area contributed by atoms with Gasteiger partial charge in [-0.05, 0) is 30.4 Å². The van der Waals surface area contributed by atoms with Gasteiger partial charge in [-0.1, -0.05) is 43.9 Å². The Balaban J connectivity index is 1.50. The molecular formula is C18H25N3O. The van der Waals surface area contributed by atoms with E-state index >= 15 is 0 Å². The van der Waals surface area contributed by atoms with E-state index in [0.717, 1.165) is 35.3 Å². The molecule has 1 aromatic heterocycles. The molecule has 1 saturated carbocycles. The molecule has 22 heavy (non-hydrogen) atoms. The van der Waals surface area contributed by atoms with E-state index in [-0.39, 0.29) is 5.91 Å². The molecule has 4 nitrogen and oxygen atoms in total. The molecule has 0 saturated heterocycles. The Kier molecular flexibility index (Phi) is 4.78. The number of para-hydroxylation sites is 1. The average Bonchev–Trinajstić information content (AvgIpc) is 3.17. The van der Waals surface area contributed by atoms with Crippen LogP contribution in [0.4, 0.5) is 0 Å². The zero-order valence-electron chi connectivity index (χ0n) is 13.0. The monoisotopic (exact) mass is 299 g/mol. The number of hydrogen-bond acceptors (Lipinski definition) is 2. The van der Waals surface area contributed by atoms with Gasteiger partial charge in [-0.15, -0.1) is 0 Å².